The van der Waals surface area contributed by atoms with Crippen molar-refractivity contribution >= 4 is 23.2 Å². The fraction of sp³-hybridized carbons (Fsp3) is 0.391. The van der Waals surface area contributed by atoms with Crippen LogP contribution in [0.5, 0.6) is 0 Å². The van der Waals surface area contributed by atoms with Crippen molar-refractivity contribution in [3.63, 3.8) is 0 Å². The average Bonchev–Trinajstić information content (AvgIpc) is 3.46. The number of benzene rings is 1. The number of H-pyrrole nitrogens is 1. The molecule has 174 valence electrons. The van der Waals surface area contributed by atoms with Gasteiger partial charge in [-0.1, -0.05) is 0 Å². The second kappa shape index (κ2) is 9.80. The molecule has 3 N–H and O–H groups in total. The minimum Gasteiger partial charge on any atom is -0.387 e. The highest BCUT2D eigenvalue weighted by atomic mass is 32.1. The van der Waals surface area contributed by atoms with Crippen LogP contribution >= 0.6 is 11.3 Å². The Morgan fingerprint density at radius 2 is 1.97 bits per heavy atom. The van der Waals surface area contributed by atoms with Crippen LogP contribution in [-0.2, 0) is 4.79 Å². The summed E-state index contributed by atoms with van der Waals surface area (Å²) in [6, 6.07) is 6.10. The van der Waals surface area contributed by atoms with Crippen LogP contribution in [0.2, 0.25) is 0 Å². The molecule has 1 fully saturated rings. The van der Waals surface area contributed by atoms with E-state index in [1.807, 2.05) is 13.8 Å². The first-order chi connectivity index (χ1) is 15.9. The molecule has 2 amide bonds. The third kappa shape index (κ3) is 4.96. The van der Waals surface area contributed by atoms with Gasteiger partial charge in [0, 0.05) is 41.7 Å². The molecule has 0 unspecified atom stereocenters. The quantitative estimate of drug-likeness (QED) is 0.511. The summed E-state index contributed by atoms with van der Waals surface area (Å²) in [4.78, 5) is 30.5. The molecule has 1 saturated heterocycles. The molecule has 33 heavy (non-hydrogen) atoms. The van der Waals surface area contributed by atoms with Gasteiger partial charge in [-0.05, 0) is 51.0 Å². The summed E-state index contributed by atoms with van der Waals surface area (Å²) in [5.74, 6) is -0.747. The van der Waals surface area contributed by atoms with E-state index in [9.17, 15) is 14.0 Å². The van der Waals surface area contributed by atoms with E-state index in [0.29, 0.717) is 42.3 Å². The maximum atomic E-state index is 13.5. The van der Waals surface area contributed by atoms with Crippen molar-refractivity contribution in [2.24, 2.45) is 0 Å². The minimum atomic E-state index is -0.491. The van der Waals surface area contributed by atoms with Gasteiger partial charge in [-0.3, -0.25) is 14.7 Å². The largest absolute Gasteiger partial charge is 0.387 e. The van der Waals surface area contributed by atoms with Crippen molar-refractivity contribution in [1.29, 1.82) is 0 Å². The van der Waals surface area contributed by atoms with E-state index < -0.39 is 6.61 Å². The van der Waals surface area contributed by atoms with Crippen molar-refractivity contribution in [1.82, 2.24) is 25.4 Å². The highest BCUT2D eigenvalue weighted by Gasteiger charge is 2.30. The van der Waals surface area contributed by atoms with E-state index in [1.165, 1.54) is 23.5 Å². The lowest BCUT2D eigenvalue weighted by Crippen LogP contribution is -2.39. The molecule has 4 rings (SSSR count). The Labute approximate surface area is 194 Å². The number of halogens is 1. The number of aliphatic hydroxyl groups is 1. The van der Waals surface area contributed by atoms with Gasteiger partial charge in [-0.2, -0.15) is 5.10 Å². The summed E-state index contributed by atoms with van der Waals surface area (Å²) in [5.41, 5.74) is 3.40. The molecule has 0 radical (unpaired) electrons. The molecule has 8 nitrogen and oxygen atoms in total. The second-order valence-corrected chi connectivity index (χ2v) is 9.21. The maximum absolute atomic E-state index is 13.5. The van der Waals surface area contributed by atoms with E-state index in [2.05, 4.69) is 20.5 Å². The zero-order chi connectivity index (χ0) is 23.5. The number of hydrogen-bond acceptors (Lipinski definition) is 6. The van der Waals surface area contributed by atoms with Crippen LogP contribution in [0.3, 0.4) is 0 Å². The van der Waals surface area contributed by atoms with Gasteiger partial charge in [0.2, 0.25) is 5.91 Å². The van der Waals surface area contributed by atoms with E-state index in [1.54, 1.807) is 22.4 Å². The zero-order valence-corrected chi connectivity index (χ0v) is 19.3. The Hall–Kier alpha value is -3.11. The molecule has 0 spiro atoms. The van der Waals surface area contributed by atoms with Crippen LogP contribution in [0.25, 0.3) is 21.8 Å². The van der Waals surface area contributed by atoms with Crippen LogP contribution in [0.4, 0.5) is 4.39 Å². The lowest BCUT2D eigenvalue weighted by molar-refractivity contribution is -0.135. The van der Waals surface area contributed by atoms with Gasteiger partial charge in [0.1, 0.15) is 28.8 Å². The van der Waals surface area contributed by atoms with E-state index in [-0.39, 0.29) is 29.6 Å². The van der Waals surface area contributed by atoms with Crippen molar-refractivity contribution in [2.45, 2.75) is 38.6 Å². The topological polar surface area (TPSA) is 111 Å². The van der Waals surface area contributed by atoms with Gasteiger partial charge < -0.3 is 15.3 Å². The minimum absolute atomic E-state index is 0.00581. The number of piperidine rings is 1. The molecule has 3 heterocycles. The van der Waals surface area contributed by atoms with Crippen molar-refractivity contribution in [3.05, 3.63) is 46.9 Å². The number of likely N-dealkylation sites (tertiary alicyclic amines) is 1. The molecule has 10 heteroatoms. The van der Waals surface area contributed by atoms with Crippen LogP contribution < -0.4 is 5.32 Å². The first kappa shape index (κ1) is 23.1. The monoisotopic (exact) mass is 471 g/mol. The zero-order valence-electron chi connectivity index (χ0n) is 18.5. The molecule has 3 aromatic rings. The number of hydrogen-bond donors (Lipinski definition) is 3. The first-order valence-electron chi connectivity index (χ1n) is 10.9. The number of carbonyl (C=O) groups is 2. The second-order valence-electron chi connectivity index (χ2n) is 8.35. The van der Waals surface area contributed by atoms with Crippen molar-refractivity contribution in [2.75, 3.05) is 19.7 Å². The molecule has 0 bridgehead atoms. The number of aromatic amines is 1. The van der Waals surface area contributed by atoms with Gasteiger partial charge >= 0.3 is 0 Å². The molecule has 1 aromatic carbocycles. The van der Waals surface area contributed by atoms with Crippen molar-refractivity contribution in [3.8, 4) is 21.8 Å². The average molecular weight is 472 g/mol. The molecule has 0 saturated carbocycles. The molecule has 1 aliphatic heterocycles. The Morgan fingerprint density at radius 1 is 1.27 bits per heavy atom. The van der Waals surface area contributed by atoms with Gasteiger partial charge in [-0.25, -0.2) is 9.37 Å². The van der Waals surface area contributed by atoms with E-state index in [0.717, 1.165) is 16.8 Å². The molecule has 0 atom stereocenters. The highest BCUT2D eigenvalue weighted by Crippen LogP contribution is 2.41. The summed E-state index contributed by atoms with van der Waals surface area (Å²) in [5, 5.41) is 22.1. The molecule has 1 aliphatic rings. The van der Waals surface area contributed by atoms with Crippen LogP contribution in [0.15, 0.2) is 29.6 Å². The number of rotatable bonds is 6. The predicted molar refractivity (Wildman–Crippen MR) is 123 cm³/mol. The Bertz CT molecular complexity index is 1130. The highest BCUT2D eigenvalue weighted by molar-refractivity contribution is 7.13. The van der Waals surface area contributed by atoms with Gasteiger partial charge in [0.25, 0.3) is 5.91 Å². The van der Waals surface area contributed by atoms with Gasteiger partial charge in [0.05, 0.1) is 5.56 Å². The molecular formula is C23H26FN5O3S. The molecule has 0 aliphatic carbocycles. The Balaban J connectivity index is 1.70. The maximum Gasteiger partial charge on any atom is 0.270 e. The van der Waals surface area contributed by atoms with Crippen LogP contribution in [0.1, 0.15) is 48.8 Å². The van der Waals surface area contributed by atoms with Gasteiger partial charge in [-0.15, -0.1) is 11.3 Å². The van der Waals surface area contributed by atoms with Crippen molar-refractivity contribution < 1.29 is 19.1 Å². The predicted octanol–water partition coefficient (Wildman–Crippen LogP) is 3.18. The summed E-state index contributed by atoms with van der Waals surface area (Å²) in [6.07, 6.45) is 1.41. The number of carbonyl (C=O) groups excluding carboxylic acids is 2. The number of thiazole rings is 1. The Kier molecular flexibility index (Phi) is 6.85. The first-order valence-corrected chi connectivity index (χ1v) is 11.7. The normalized spacial score (nSPS) is 14.6. The fourth-order valence-corrected chi connectivity index (χ4v) is 4.89. The standard InChI is InChI=1S/C23H26FN5O3S/c1-13(2)25-22(32)17-12-33-23(26-17)19-20(14-3-5-16(24)6-4-14)27-28-21(19)15-7-9-29(10-8-15)18(31)11-30/h3-6,12-13,15,30H,7-11H2,1-2H3,(H,25,32)(H,27,28). The lowest BCUT2D eigenvalue weighted by atomic mass is 9.90. The van der Waals surface area contributed by atoms with Gasteiger partial charge in [0.15, 0.2) is 0 Å². The number of aromatic nitrogens is 3. The lowest BCUT2D eigenvalue weighted by Gasteiger charge is -2.31. The molecule has 2 aromatic heterocycles. The summed E-state index contributed by atoms with van der Waals surface area (Å²) in [6.45, 7) is 4.36. The summed E-state index contributed by atoms with van der Waals surface area (Å²) < 4.78 is 13.5. The third-order valence-corrected chi connectivity index (χ3v) is 6.53. The SMILES string of the molecule is CC(C)NC(=O)c1csc(-c2c(-c3ccc(F)cc3)n[nH]c2C2CCN(C(=O)CO)CC2)n1. The van der Waals surface area contributed by atoms with E-state index >= 15 is 0 Å². The van der Waals surface area contributed by atoms with Crippen LogP contribution in [0, 0.1) is 5.82 Å². The number of nitrogens with zero attached hydrogens (tertiary/aromatic N) is 3. The van der Waals surface area contributed by atoms with Crippen LogP contribution in [-0.4, -0.2) is 62.7 Å². The summed E-state index contributed by atoms with van der Waals surface area (Å²) in [7, 11) is 0. The smallest absolute Gasteiger partial charge is 0.270 e. The third-order valence-electron chi connectivity index (χ3n) is 5.67. The number of nitrogens with one attached hydrogen (secondary N) is 2. The Morgan fingerprint density at radius 3 is 2.61 bits per heavy atom. The number of amides is 2. The molecular weight excluding hydrogens is 445 g/mol. The summed E-state index contributed by atoms with van der Waals surface area (Å²) >= 11 is 1.36. The van der Waals surface area contributed by atoms with E-state index in [4.69, 9.17) is 5.11 Å². The number of aliphatic hydroxyl groups excluding tert-OH is 1. The fourth-order valence-electron chi connectivity index (χ4n) is 4.03.